The summed E-state index contributed by atoms with van der Waals surface area (Å²) in [5.74, 6) is 0. The monoisotopic (exact) mass is 304 g/mol. The number of nitrogens with zero attached hydrogens (tertiary/aromatic N) is 2. The fraction of sp³-hybridized carbons (Fsp3) is 0. The van der Waals surface area contributed by atoms with Crippen LogP contribution in [0.5, 0.6) is 0 Å². The zero-order chi connectivity index (χ0) is 16.1. The average Bonchev–Trinajstić information content (AvgIpc) is 2.66. The summed E-state index contributed by atoms with van der Waals surface area (Å²) in [6, 6.07) is 23.0. The van der Waals surface area contributed by atoms with Crippen LogP contribution in [0.15, 0.2) is 72.9 Å². The standard InChI is InChI=1S/C22H12N2/c1-23-17-11-12-24-20(13-17)18-9-7-16-6-5-14-3-2-4-15-8-10-19(18)22(16)21(14)15/h2-13H. The first-order valence-corrected chi connectivity index (χ1v) is 7.85. The lowest BCUT2D eigenvalue weighted by Gasteiger charge is -2.13. The lowest BCUT2D eigenvalue weighted by atomic mass is 9.91. The molecular weight excluding hydrogens is 292 g/mol. The molecule has 2 heteroatoms. The van der Waals surface area contributed by atoms with Crippen LogP contribution in [-0.4, -0.2) is 4.98 Å². The van der Waals surface area contributed by atoms with E-state index >= 15 is 0 Å². The number of pyridine rings is 1. The van der Waals surface area contributed by atoms with E-state index < -0.39 is 0 Å². The quantitative estimate of drug-likeness (QED) is 0.266. The van der Waals surface area contributed by atoms with Crippen LogP contribution in [0.3, 0.4) is 0 Å². The highest BCUT2D eigenvalue weighted by Crippen LogP contribution is 2.39. The van der Waals surface area contributed by atoms with Crippen LogP contribution in [-0.2, 0) is 0 Å². The third-order valence-corrected chi connectivity index (χ3v) is 4.68. The second-order valence-corrected chi connectivity index (χ2v) is 5.98. The fourth-order valence-electron chi connectivity index (χ4n) is 3.59. The van der Waals surface area contributed by atoms with Crippen molar-refractivity contribution in [3.8, 4) is 11.3 Å². The largest absolute Gasteiger partial charge is 0.259 e. The van der Waals surface area contributed by atoms with Crippen molar-refractivity contribution in [1.82, 2.24) is 4.98 Å². The van der Waals surface area contributed by atoms with Crippen molar-refractivity contribution < 1.29 is 0 Å². The van der Waals surface area contributed by atoms with Crippen LogP contribution in [0.1, 0.15) is 0 Å². The Balaban J connectivity index is 1.95. The Kier molecular flexibility index (Phi) is 2.60. The van der Waals surface area contributed by atoms with Crippen LogP contribution >= 0.6 is 0 Å². The van der Waals surface area contributed by atoms with Gasteiger partial charge in [-0.3, -0.25) is 4.98 Å². The molecule has 0 radical (unpaired) electrons. The van der Waals surface area contributed by atoms with Crippen molar-refractivity contribution in [2.45, 2.75) is 0 Å². The van der Waals surface area contributed by atoms with Crippen LogP contribution < -0.4 is 0 Å². The Labute approximate surface area is 139 Å². The van der Waals surface area contributed by atoms with Crippen molar-refractivity contribution >= 4 is 38.0 Å². The normalized spacial score (nSPS) is 11.3. The molecule has 0 N–H and O–H groups in total. The molecule has 0 unspecified atom stereocenters. The fourth-order valence-corrected chi connectivity index (χ4v) is 3.59. The Morgan fingerprint density at radius 2 is 1.46 bits per heavy atom. The smallest absolute Gasteiger partial charge is 0.190 e. The van der Waals surface area contributed by atoms with E-state index in [1.54, 1.807) is 12.3 Å². The first-order chi connectivity index (χ1) is 11.8. The minimum absolute atomic E-state index is 0.616. The zero-order valence-corrected chi connectivity index (χ0v) is 12.8. The molecule has 0 aliphatic rings. The minimum Gasteiger partial charge on any atom is -0.259 e. The molecule has 1 heterocycles. The van der Waals surface area contributed by atoms with Gasteiger partial charge in [-0.15, -0.1) is 0 Å². The van der Waals surface area contributed by atoms with Gasteiger partial charge in [0.15, 0.2) is 5.69 Å². The molecule has 0 aliphatic heterocycles. The molecule has 0 amide bonds. The Bertz CT molecular complexity index is 1250. The van der Waals surface area contributed by atoms with E-state index in [-0.39, 0.29) is 0 Å². The molecule has 5 aromatic rings. The van der Waals surface area contributed by atoms with Crippen molar-refractivity contribution in [3.63, 3.8) is 0 Å². The van der Waals surface area contributed by atoms with Gasteiger partial charge in [0.05, 0.1) is 12.3 Å². The topological polar surface area (TPSA) is 17.2 Å². The van der Waals surface area contributed by atoms with Gasteiger partial charge in [0.2, 0.25) is 0 Å². The van der Waals surface area contributed by atoms with Crippen LogP contribution in [0.25, 0.3) is 48.4 Å². The zero-order valence-electron chi connectivity index (χ0n) is 12.8. The molecule has 5 rings (SSSR count). The molecule has 0 saturated heterocycles. The first-order valence-electron chi connectivity index (χ1n) is 7.85. The predicted octanol–water partition coefficient (Wildman–Crippen LogP) is 6.20. The van der Waals surface area contributed by atoms with Crippen LogP contribution in [0, 0.1) is 6.57 Å². The second kappa shape index (κ2) is 4.78. The van der Waals surface area contributed by atoms with Crippen molar-refractivity contribution in [3.05, 3.63) is 84.3 Å². The number of hydrogen-bond donors (Lipinski definition) is 0. The third kappa shape index (κ3) is 1.73. The summed E-state index contributed by atoms with van der Waals surface area (Å²) in [4.78, 5) is 8.02. The predicted molar refractivity (Wildman–Crippen MR) is 99.6 cm³/mol. The first kappa shape index (κ1) is 13.0. The highest BCUT2D eigenvalue weighted by atomic mass is 14.7. The molecule has 0 saturated carbocycles. The van der Waals surface area contributed by atoms with Gasteiger partial charge in [-0.1, -0.05) is 54.6 Å². The number of aromatic nitrogens is 1. The Morgan fingerprint density at radius 1 is 0.750 bits per heavy atom. The lowest BCUT2D eigenvalue weighted by molar-refractivity contribution is 1.34. The highest BCUT2D eigenvalue weighted by molar-refractivity contribution is 6.25. The van der Waals surface area contributed by atoms with E-state index in [9.17, 15) is 0 Å². The summed E-state index contributed by atoms with van der Waals surface area (Å²) in [5.41, 5.74) is 2.54. The highest BCUT2D eigenvalue weighted by Gasteiger charge is 2.12. The molecular formula is C22H12N2. The van der Waals surface area contributed by atoms with Gasteiger partial charge < -0.3 is 0 Å². The van der Waals surface area contributed by atoms with E-state index in [0.717, 1.165) is 11.3 Å². The van der Waals surface area contributed by atoms with Crippen LogP contribution in [0.2, 0.25) is 0 Å². The van der Waals surface area contributed by atoms with E-state index in [1.165, 1.54) is 32.3 Å². The van der Waals surface area contributed by atoms with Crippen molar-refractivity contribution in [2.24, 2.45) is 0 Å². The maximum atomic E-state index is 7.23. The summed E-state index contributed by atoms with van der Waals surface area (Å²) in [6.45, 7) is 7.23. The molecule has 24 heavy (non-hydrogen) atoms. The van der Waals surface area contributed by atoms with Crippen LogP contribution in [0.4, 0.5) is 5.69 Å². The Morgan fingerprint density at radius 3 is 2.25 bits per heavy atom. The molecule has 1 aromatic heterocycles. The maximum absolute atomic E-state index is 7.23. The summed E-state index contributed by atoms with van der Waals surface area (Å²) < 4.78 is 0. The SMILES string of the molecule is [C-]#[N+]c1ccnc(-c2ccc3ccc4cccc5ccc2c3c45)c1. The van der Waals surface area contributed by atoms with E-state index in [2.05, 4.69) is 64.4 Å². The van der Waals surface area contributed by atoms with E-state index in [0.29, 0.717) is 5.69 Å². The lowest BCUT2D eigenvalue weighted by Crippen LogP contribution is -1.88. The molecule has 0 bridgehead atoms. The summed E-state index contributed by atoms with van der Waals surface area (Å²) >= 11 is 0. The molecule has 2 nitrogen and oxygen atoms in total. The van der Waals surface area contributed by atoms with Gasteiger partial charge in [0, 0.05) is 11.8 Å². The van der Waals surface area contributed by atoms with Crippen molar-refractivity contribution in [1.29, 1.82) is 0 Å². The van der Waals surface area contributed by atoms with E-state index in [1.807, 2.05) is 6.07 Å². The third-order valence-electron chi connectivity index (χ3n) is 4.68. The summed E-state index contributed by atoms with van der Waals surface area (Å²) in [5, 5.41) is 7.51. The van der Waals surface area contributed by atoms with Gasteiger partial charge in [-0.2, -0.15) is 0 Å². The molecule has 0 atom stereocenters. The summed E-state index contributed by atoms with van der Waals surface area (Å²) in [6.07, 6.45) is 1.71. The summed E-state index contributed by atoms with van der Waals surface area (Å²) in [7, 11) is 0. The van der Waals surface area contributed by atoms with Gasteiger partial charge >= 0.3 is 0 Å². The Hall–Kier alpha value is -3.44. The number of rotatable bonds is 1. The van der Waals surface area contributed by atoms with Gasteiger partial charge in [0.25, 0.3) is 0 Å². The number of hydrogen-bond acceptors (Lipinski definition) is 1. The average molecular weight is 304 g/mol. The molecule has 0 spiro atoms. The van der Waals surface area contributed by atoms with Gasteiger partial charge in [0.1, 0.15) is 0 Å². The molecule has 4 aromatic carbocycles. The van der Waals surface area contributed by atoms with E-state index in [4.69, 9.17) is 6.57 Å². The number of benzene rings is 4. The van der Waals surface area contributed by atoms with Gasteiger partial charge in [-0.25, -0.2) is 4.85 Å². The molecule has 110 valence electrons. The van der Waals surface area contributed by atoms with Gasteiger partial charge in [-0.05, 0) is 44.5 Å². The maximum Gasteiger partial charge on any atom is 0.190 e. The van der Waals surface area contributed by atoms with Crippen molar-refractivity contribution in [2.75, 3.05) is 0 Å². The molecule has 0 fully saturated rings. The molecule has 0 aliphatic carbocycles. The second-order valence-electron chi connectivity index (χ2n) is 5.98. The minimum atomic E-state index is 0.616.